The van der Waals surface area contributed by atoms with Gasteiger partial charge in [-0.05, 0) is 18.2 Å². The van der Waals surface area contributed by atoms with E-state index in [0.29, 0.717) is 43.0 Å². The molecule has 0 unspecified atom stereocenters. The predicted octanol–water partition coefficient (Wildman–Crippen LogP) is 0.390. The van der Waals surface area contributed by atoms with Gasteiger partial charge in [-0.3, -0.25) is 9.69 Å². The SMILES string of the molecule is COCCN(CCOC)CC(=O)Nc1ccc2[nH]c(=O)[nH]c2c1. The maximum absolute atomic E-state index is 12.2. The van der Waals surface area contributed by atoms with Crippen LogP contribution in [0.1, 0.15) is 0 Å². The van der Waals surface area contributed by atoms with Crippen molar-refractivity contribution < 1.29 is 14.3 Å². The highest BCUT2D eigenvalue weighted by Crippen LogP contribution is 2.14. The van der Waals surface area contributed by atoms with Crippen molar-refractivity contribution >= 4 is 22.6 Å². The Morgan fingerprint density at radius 3 is 2.43 bits per heavy atom. The summed E-state index contributed by atoms with van der Waals surface area (Å²) in [6.07, 6.45) is 0. The van der Waals surface area contributed by atoms with E-state index in [1.54, 1.807) is 32.4 Å². The number of aromatic amines is 2. The summed E-state index contributed by atoms with van der Waals surface area (Å²) in [6, 6.07) is 5.22. The average molecular weight is 322 g/mol. The van der Waals surface area contributed by atoms with E-state index in [-0.39, 0.29) is 18.1 Å². The quantitative estimate of drug-likeness (QED) is 0.620. The summed E-state index contributed by atoms with van der Waals surface area (Å²) in [4.78, 5) is 30.7. The first-order valence-electron chi connectivity index (χ1n) is 7.34. The molecule has 0 spiro atoms. The molecule has 2 rings (SSSR count). The number of aromatic nitrogens is 2. The first kappa shape index (κ1) is 17.2. The molecule has 0 fully saturated rings. The highest BCUT2D eigenvalue weighted by Gasteiger charge is 2.11. The van der Waals surface area contributed by atoms with Gasteiger partial charge in [-0.2, -0.15) is 0 Å². The van der Waals surface area contributed by atoms with Crippen LogP contribution < -0.4 is 11.0 Å². The van der Waals surface area contributed by atoms with Crippen molar-refractivity contribution in [3.05, 3.63) is 28.7 Å². The third kappa shape index (κ3) is 5.20. The minimum atomic E-state index is -0.270. The van der Waals surface area contributed by atoms with Gasteiger partial charge >= 0.3 is 5.69 Å². The maximum atomic E-state index is 12.2. The van der Waals surface area contributed by atoms with E-state index in [4.69, 9.17) is 9.47 Å². The summed E-state index contributed by atoms with van der Waals surface area (Å²) in [5, 5.41) is 2.83. The summed E-state index contributed by atoms with van der Waals surface area (Å²) < 4.78 is 10.1. The fourth-order valence-electron chi connectivity index (χ4n) is 2.22. The minimum absolute atomic E-state index is 0.130. The number of nitrogens with zero attached hydrogens (tertiary/aromatic N) is 1. The molecule has 1 amide bonds. The first-order valence-corrected chi connectivity index (χ1v) is 7.34. The van der Waals surface area contributed by atoms with Crippen LogP contribution in [0.2, 0.25) is 0 Å². The number of hydrogen-bond acceptors (Lipinski definition) is 5. The van der Waals surface area contributed by atoms with E-state index in [0.717, 1.165) is 0 Å². The molecule has 1 heterocycles. The number of amides is 1. The summed E-state index contributed by atoms with van der Waals surface area (Å²) in [7, 11) is 3.25. The molecule has 0 saturated carbocycles. The van der Waals surface area contributed by atoms with E-state index in [1.807, 2.05) is 4.90 Å². The van der Waals surface area contributed by atoms with Crippen LogP contribution in [-0.2, 0) is 14.3 Å². The highest BCUT2D eigenvalue weighted by molar-refractivity contribution is 5.94. The van der Waals surface area contributed by atoms with Crippen molar-refractivity contribution in [2.75, 3.05) is 52.4 Å². The van der Waals surface area contributed by atoms with Gasteiger partial charge < -0.3 is 24.8 Å². The molecule has 0 saturated heterocycles. The molecule has 0 aliphatic heterocycles. The zero-order chi connectivity index (χ0) is 16.7. The lowest BCUT2D eigenvalue weighted by Crippen LogP contribution is -2.37. The first-order chi connectivity index (χ1) is 11.1. The topological polar surface area (TPSA) is 99.4 Å². The molecule has 23 heavy (non-hydrogen) atoms. The molecule has 3 N–H and O–H groups in total. The van der Waals surface area contributed by atoms with E-state index in [1.165, 1.54) is 0 Å². The molecule has 8 nitrogen and oxygen atoms in total. The van der Waals surface area contributed by atoms with Gasteiger partial charge in [0.1, 0.15) is 0 Å². The normalized spacial score (nSPS) is 11.3. The third-order valence-electron chi connectivity index (χ3n) is 3.39. The van der Waals surface area contributed by atoms with Crippen LogP contribution in [0, 0.1) is 0 Å². The summed E-state index contributed by atoms with van der Waals surface area (Å²) in [6.45, 7) is 2.64. The Balaban J connectivity index is 1.95. The number of H-pyrrole nitrogens is 2. The van der Waals surface area contributed by atoms with Crippen molar-refractivity contribution in [2.24, 2.45) is 0 Å². The fourth-order valence-corrected chi connectivity index (χ4v) is 2.22. The maximum Gasteiger partial charge on any atom is 0.323 e. The molecule has 0 radical (unpaired) electrons. The second-order valence-corrected chi connectivity index (χ2v) is 5.15. The molecule has 0 aliphatic rings. The van der Waals surface area contributed by atoms with Crippen LogP contribution in [-0.4, -0.2) is 67.8 Å². The number of nitrogens with one attached hydrogen (secondary N) is 3. The number of imidazole rings is 1. The number of hydrogen-bond donors (Lipinski definition) is 3. The van der Waals surface area contributed by atoms with Crippen molar-refractivity contribution in [2.45, 2.75) is 0 Å². The van der Waals surface area contributed by atoms with Gasteiger partial charge in [0.2, 0.25) is 5.91 Å². The van der Waals surface area contributed by atoms with E-state index in [9.17, 15) is 9.59 Å². The summed E-state index contributed by atoms with van der Waals surface area (Å²) in [5.41, 5.74) is 1.73. The fraction of sp³-hybridized carbons (Fsp3) is 0.467. The van der Waals surface area contributed by atoms with Crippen molar-refractivity contribution in [1.82, 2.24) is 14.9 Å². The zero-order valence-corrected chi connectivity index (χ0v) is 13.3. The van der Waals surface area contributed by atoms with Crippen LogP contribution in [0.3, 0.4) is 0 Å². The van der Waals surface area contributed by atoms with Crippen LogP contribution in [0.15, 0.2) is 23.0 Å². The second-order valence-electron chi connectivity index (χ2n) is 5.15. The molecule has 2 aromatic rings. The van der Waals surface area contributed by atoms with Crippen LogP contribution in [0.5, 0.6) is 0 Å². The second kappa shape index (κ2) is 8.47. The Bertz CT molecular complexity index is 686. The number of carbonyl (C=O) groups excluding carboxylic acids is 1. The van der Waals surface area contributed by atoms with Crippen LogP contribution in [0.25, 0.3) is 11.0 Å². The van der Waals surface area contributed by atoms with Gasteiger partial charge in [-0.1, -0.05) is 0 Å². The van der Waals surface area contributed by atoms with E-state index in [2.05, 4.69) is 15.3 Å². The molecule has 0 bridgehead atoms. The van der Waals surface area contributed by atoms with E-state index >= 15 is 0 Å². The van der Waals surface area contributed by atoms with Gasteiger partial charge in [0.15, 0.2) is 0 Å². The van der Waals surface area contributed by atoms with Crippen molar-refractivity contribution in [1.29, 1.82) is 0 Å². The summed E-state index contributed by atoms with van der Waals surface area (Å²) in [5.74, 6) is -0.130. The average Bonchev–Trinajstić information content (AvgIpc) is 2.89. The Labute approximate surface area is 133 Å². The Kier molecular flexibility index (Phi) is 6.33. The standard InChI is InChI=1S/C15H22N4O4/c1-22-7-5-19(6-8-23-2)10-14(20)16-11-3-4-12-13(9-11)18-15(21)17-12/h3-4,9H,5-8,10H2,1-2H3,(H,16,20)(H2,17,18,21). The predicted molar refractivity (Wildman–Crippen MR) is 87.7 cm³/mol. The highest BCUT2D eigenvalue weighted by atomic mass is 16.5. The minimum Gasteiger partial charge on any atom is -0.383 e. The largest absolute Gasteiger partial charge is 0.383 e. The Hall–Kier alpha value is -2.16. The van der Waals surface area contributed by atoms with Gasteiger partial charge in [0, 0.05) is 33.0 Å². The Morgan fingerprint density at radius 2 is 1.78 bits per heavy atom. The van der Waals surface area contributed by atoms with Gasteiger partial charge in [0.25, 0.3) is 0 Å². The Morgan fingerprint density at radius 1 is 1.13 bits per heavy atom. The smallest absolute Gasteiger partial charge is 0.323 e. The number of anilines is 1. The van der Waals surface area contributed by atoms with Gasteiger partial charge in [-0.25, -0.2) is 4.79 Å². The van der Waals surface area contributed by atoms with Crippen LogP contribution in [0.4, 0.5) is 5.69 Å². The number of ether oxygens (including phenoxy) is 2. The van der Waals surface area contributed by atoms with Gasteiger partial charge in [0.05, 0.1) is 30.8 Å². The lowest BCUT2D eigenvalue weighted by atomic mass is 10.2. The van der Waals surface area contributed by atoms with E-state index < -0.39 is 0 Å². The van der Waals surface area contributed by atoms with Crippen LogP contribution >= 0.6 is 0 Å². The number of rotatable bonds is 9. The molecule has 126 valence electrons. The van der Waals surface area contributed by atoms with Gasteiger partial charge in [-0.15, -0.1) is 0 Å². The molecule has 1 aromatic heterocycles. The molecular formula is C15H22N4O4. The zero-order valence-electron chi connectivity index (χ0n) is 13.3. The number of methoxy groups -OCH3 is 2. The number of benzene rings is 1. The monoisotopic (exact) mass is 322 g/mol. The lowest BCUT2D eigenvalue weighted by molar-refractivity contribution is -0.117. The van der Waals surface area contributed by atoms with Crippen molar-refractivity contribution in [3.63, 3.8) is 0 Å². The summed E-state index contributed by atoms with van der Waals surface area (Å²) >= 11 is 0. The van der Waals surface area contributed by atoms with Crippen molar-refractivity contribution in [3.8, 4) is 0 Å². The molecular weight excluding hydrogens is 300 g/mol. The molecule has 8 heteroatoms. The molecule has 0 atom stereocenters. The third-order valence-corrected chi connectivity index (χ3v) is 3.39. The lowest BCUT2D eigenvalue weighted by Gasteiger charge is -2.20. The number of carbonyl (C=O) groups is 1. The number of fused-ring (bicyclic) bond motifs is 1. The molecule has 1 aromatic carbocycles. The molecule has 0 aliphatic carbocycles.